The summed E-state index contributed by atoms with van der Waals surface area (Å²) < 4.78 is 31.0. The molecule has 1 aromatic heterocycles. The molecule has 9 heteroatoms. The van der Waals surface area contributed by atoms with Crippen molar-refractivity contribution < 1.29 is 18.3 Å². The fourth-order valence-corrected chi connectivity index (χ4v) is 2.77. The summed E-state index contributed by atoms with van der Waals surface area (Å²) in [5, 5.41) is 2.29. The number of ether oxygens (including phenoxy) is 1. The lowest BCUT2D eigenvalue weighted by atomic mass is 10.0. The first kappa shape index (κ1) is 22.2. The van der Waals surface area contributed by atoms with E-state index in [9.17, 15) is 13.6 Å². The third kappa shape index (κ3) is 6.17. The molecule has 0 radical (unpaired) electrons. The van der Waals surface area contributed by atoms with Gasteiger partial charge < -0.3 is 9.64 Å². The van der Waals surface area contributed by atoms with Crippen LogP contribution < -0.4 is 9.64 Å². The van der Waals surface area contributed by atoms with Gasteiger partial charge in [0.15, 0.2) is 6.61 Å². The first-order chi connectivity index (χ1) is 12.1. The Hall–Kier alpha value is -1.80. The fraction of sp³-hybridized carbons (Fsp3) is 0.471. The second-order valence-electron chi connectivity index (χ2n) is 5.90. The molecule has 144 valence electrons. The maximum atomic E-state index is 12.9. The Kier molecular flexibility index (Phi) is 7.89. The van der Waals surface area contributed by atoms with Crippen molar-refractivity contribution in [1.82, 2.24) is 10.2 Å². The summed E-state index contributed by atoms with van der Waals surface area (Å²) in [5.41, 5.74) is 0.223. The number of nitrogens with zero attached hydrogens (tertiary/aromatic N) is 3. The normalized spacial score (nSPS) is 11.4. The van der Waals surface area contributed by atoms with Crippen LogP contribution in [0.4, 0.5) is 14.5 Å². The van der Waals surface area contributed by atoms with Crippen LogP contribution >= 0.6 is 22.9 Å². The van der Waals surface area contributed by atoms with E-state index in [2.05, 4.69) is 10.2 Å². The molecule has 1 amide bonds. The third-order valence-corrected chi connectivity index (χ3v) is 4.10. The fourth-order valence-electron chi connectivity index (χ4n) is 2.05. The van der Waals surface area contributed by atoms with Gasteiger partial charge in [-0.05, 0) is 44.5 Å². The Balaban J connectivity index is 0.00000163. The highest BCUT2D eigenvalue weighted by molar-refractivity contribution is 7.13. The van der Waals surface area contributed by atoms with E-state index in [1.807, 2.05) is 52.8 Å². The van der Waals surface area contributed by atoms with Crippen molar-refractivity contribution in [3.63, 3.8) is 0 Å². The Labute approximate surface area is 160 Å². The SMILES string of the molecule is CC.CC(C)(C)N(C(=O)COc1nnc(C(F)(F)Cl)s1)c1ccccc1. The minimum Gasteiger partial charge on any atom is -0.459 e. The highest BCUT2D eigenvalue weighted by atomic mass is 35.5. The molecule has 1 heterocycles. The molecule has 2 rings (SSSR count). The molecule has 0 aliphatic heterocycles. The number of hydrogen-bond donors (Lipinski definition) is 0. The summed E-state index contributed by atoms with van der Waals surface area (Å²) in [4.78, 5) is 14.1. The maximum Gasteiger partial charge on any atom is 0.376 e. The molecule has 0 N–H and O–H groups in total. The Morgan fingerprint density at radius 2 is 1.77 bits per heavy atom. The lowest BCUT2D eigenvalue weighted by Gasteiger charge is -2.35. The van der Waals surface area contributed by atoms with Crippen molar-refractivity contribution in [3.8, 4) is 5.19 Å². The van der Waals surface area contributed by atoms with Crippen LogP contribution in [0, 0.1) is 0 Å². The van der Waals surface area contributed by atoms with Gasteiger partial charge in [-0.25, -0.2) is 0 Å². The zero-order valence-electron chi connectivity index (χ0n) is 15.3. The van der Waals surface area contributed by atoms with Crippen LogP contribution in [-0.2, 0) is 10.2 Å². The van der Waals surface area contributed by atoms with E-state index in [1.165, 1.54) is 0 Å². The second kappa shape index (κ2) is 9.23. The molecule has 0 unspecified atom stereocenters. The Bertz CT molecular complexity index is 700. The predicted molar refractivity (Wildman–Crippen MR) is 100 cm³/mol. The summed E-state index contributed by atoms with van der Waals surface area (Å²) >= 11 is 5.37. The highest BCUT2D eigenvalue weighted by Gasteiger charge is 2.34. The topological polar surface area (TPSA) is 55.3 Å². The summed E-state index contributed by atoms with van der Waals surface area (Å²) in [5.74, 6) is -0.330. The average molecular weight is 406 g/mol. The average Bonchev–Trinajstić information content (AvgIpc) is 3.04. The van der Waals surface area contributed by atoms with E-state index in [0.29, 0.717) is 17.0 Å². The number of alkyl halides is 3. The first-order valence-electron chi connectivity index (χ1n) is 8.00. The number of carbonyl (C=O) groups is 1. The van der Waals surface area contributed by atoms with E-state index >= 15 is 0 Å². The Morgan fingerprint density at radius 3 is 2.23 bits per heavy atom. The van der Waals surface area contributed by atoms with Crippen LogP contribution in [0.25, 0.3) is 0 Å². The zero-order chi connectivity index (χ0) is 20.0. The standard InChI is InChI=1S/C15H16ClF2N3O2S.C2H6/c1-14(2,3)21(10-7-5-4-6-8-10)11(22)9-23-13-20-19-12(24-13)15(16,17)18;1-2/h4-8H,9H2,1-3H3;1-2H3. The van der Waals surface area contributed by atoms with Gasteiger partial charge in [-0.1, -0.05) is 48.5 Å². The van der Waals surface area contributed by atoms with Crippen molar-refractivity contribution in [3.05, 3.63) is 35.3 Å². The number of benzene rings is 1. The molecule has 5 nitrogen and oxygen atoms in total. The van der Waals surface area contributed by atoms with Crippen LogP contribution in [0.15, 0.2) is 30.3 Å². The van der Waals surface area contributed by atoms with Crippen molar-refractivity contribution in [2.24, 2.45) is 0 Å². The number of amides is 1. The predicted octanol–water partition coefficient (Wildman–Crippen LogP) is 5.06. The van der Waals surface area contributed by atoms with Crippen molar-refractivity contribution in [2.75, 3.05) is 11.5 Å². The molecular weight excluding hydrogens is 384 g/mol. The molecule has 0 aliphatic carbocycles. The van der Waals surface area contributed by atoms with E-state index < -0.39 is 15.9 Å². The number of carbonyl (C=O) groups excluding carboxylic acids is 1. The molecule has 0 atom stereocenters. The summed E-state index contributed by atoms with van der Waals surface area (Å²) in [6, 6.07) is 9.10. The lowest BCUT2D eigenvalue weighted by Crippen LogP contribution is -2.48. The van der Waals surface area contributed by atoms with Crippen LogP contribution in [-0.4, -0.2) is 28.3 Å². The molecule has 0 aliphatic rings. The summed E-state index contributed by atoms with van der Waals surface area (Å²) in [6.45, 7) is 9.30. The van der Waals surface area contributed by atoms with Gasteiger partial charge in [-0.2, -0.15) is 8.78 Å². The molecule has 26 heavy (non-hydrogen) atoms. The number of aromatic nitrogens is 2. The number of anilines is 1. The summed E-state index contributed by atoms with van der Waals surface area (Å²) in [6.07, 6.45) is 0. The molecule has 0 spiro atoms. The molecule has 0 bridgehead atoms. The van der Waals surface area contributed by atoms with Gasteiger partial charge in [0.1, 0.15) is 0 Å². The molecule has 2 aromatic rings. The van der Waals surface area contributed by atoms with Crippen molar-refractivity contribution in [2.45, 2.75) is 45.5 Å². The van der Waals surface area contributed by atoms with Gasteiger partial charge in [-0.15, -0.1) is 5.10 Å². The Morgan fingerprint density at radius 1 is 1.19 bits per heavy atom. The van der Waals surface area contributed by atoms with Gasteiger partial charge in [0.05, 0.1) is 0 Å². The van der Waals surface area contributed by atoms with Crippen LogP contribution in [0.1, 0.15) is 39.6 Å². The molecule has 0 saturated carbocycles. The molecular formula is C17H22ClF2N3O2S. The van der Waals surface area contributed by atoms with E-state index in [1.54, 1.807) is 17.0 Å². The van der Waals surface area contributed by atoms with Gasteiger partial charge in [0.2, 0.25) is 5.01 Å². The van der Waals surface area contributed by atoms with E-state index in [4.69, 9.17) is 16.3 Å². The van der Waals surface area contributed by atoms with E-state index in [-0.39, 0.29) is 17.7 Å². The van der Waals surface area contributed by atoms with E-state index in [0.717, 1.165) is 0 Å². The third-order valence-electron chi connectivity index (χ3n) is 2.90. The first-order valence-corrected chi connectivity index (χ1v) is 9.20. The van der Waals surface area contributed by atoms with Crippen LogP contribution in [0.5, 0.6) is 5.19 Å². The van der Waals surface area contributed by atoms with Gasteiger partial charge in [-0.3, -0.25) is 4.79 Å². The summed E-state index contributed by atoms with van der Waals surface area (Å²) in [7, 11) is 0. The minimum atomic E-state index is -3.61. The quantitative estimate of drug-likeness (QED) is 0.652. The van der Waals surface area contributed by atoms with Crippen molar-refractivity contribution >= 4 is 34.5 Å². The largest absolute Gasteiger partial charge is 0.459 e. The van der Waals surface area contributed by atoms with Gasteiger partial charge in [0.25, 0.3) is 11.1 Å². The molecule has 1 aromatic carbocycles. The molecule has 0 fully saturated rings. The maximum absolute atomic E-state index is 12.9. The smallest absolute Gasteiger partial charge is 0.376 e. The minimum absolute atomic E-state index is 0.138. The van der Waals surface area contributed by atoms with Gasteiger partial charge >= 0.3 is 5.38 Å². The second-order valence-corrected chi connectivity index (χ2v) is 7.31. The molecule has 0 saturated heterocycles. The number of halogens is 3. The number of para-hydroxylation sites is 1. The number of hydrogen-bond acceptors (Lipinski definition) is 5. The highest BCUT2D eigenvalue weighted by Crippen LogP contribution is 2.36. The zero-order valence-corrected chi connectivity index (χ0v) is 16.9. The van der Waals surface area contributed by atoms with Crippen LogP contribution in [0.2, 0.25) is 0 Å². The number of rotatable bonds is 5. The monoisotopic (exact) mass is 405 g/mol. The lowest BCUT2D eigenvalue weighted by molar-refractivity contribution is -0.121. The van der Waals surface area contributed by atoms with Crippen LogP contribution in [0.3, 0.4) is 0 Å². The van der Waals surface area contributed by atoms with Gasteiger partial charge in [0, 0.05) is 11.2 Å². The van der Waals surface area contributed by atoms with Crippen molar-refractivity contribution in [1.29, 1.82) is 0 Å².